The van der Waals surface area contributed by atoms with E-state index in [-0.39, 0.29) is 11.3 Å². The fourth-order valence-corrected chi connectivity index (χ4v) is 4.01. The minimum absolute atomic E-state index is 0.0501. The molecule has 1 aliphatic heterocycles. The SMILES string of the molecule is O=C1CCSC(c2ccc(Cl)cc2)N1Nc1nc2ccccc2[nH]1. The summed E-state index contributed by atoms with van der Waals surface area (Å²) < 4.78 is 0. The third-order valence-electron chi connectivity index (χ3n) is 3.87. The van der Waals surface area contributed by atoms with E-state index in [1.165, 1.54) is 0 Å². The number of anilines is 1. The average molecular weight is 359 g/mol. The van der Waals surface area contributed by atoms with Gasteiger partial charge in [0.05, 0.1) is 11.0 Å². The minimum atomic E-state index is -0.114. The van der Waals surface area contributed by atoms with Crippen molar-refractivity contribution in [3.63, 3.8) is 0 Å². The lowest BCUT2D eigenvalue weighted by Gasteiger charge is -2.35. The fourth-order valence-electron chi connectivity index (χ4n) is 2.70. The number of hydrogen-bond donors (Lipinski definition) is 2. The van der Waals surface area contributed by atoms with E-state index in [4.69, 9.17) is 11.6 Å². The van der Waals surface area contributed by atoms with Crippen molar-refractivity contribution in [3.05, 3.63) is 59.1 Å². The van der Waals surface area contributed by atoms with Gasteiger partial charge in [-0.15, -0.1) is 11.8 Å². The number of hydrogen-bond acceptors (Lipinski definition) is 4. The summed E-state index contributed by atoms with van der Waals surface area (Å²) in [5.74, 6) is 1.41. The number of thioether (sulfide) groups is 1. The molecule has 24 heavy (non-hydrogen) atoms. The number of nitrogens with one attached hydrogen (secondary N) is 2. The Morgan fingerprint density at radius 1 is 1.21 bits per heavy atom. The zero-order valence-corrected chi connectivity index (χ0v) is 14.3. The van der Waals surface area contributed by atoms with Crippen LogP contribution in [0, 0.1) is 0 Å². The average Bonchev–Trinajstić information content (AvgIpc) is 3.00. The van der Waals surface area contributed by atoms with Crippen molar-refractivity contribution in [3.8, 4) is 0 Å². The maximum absolute atomic E-state index is 12.4. The van der Waals surface area contributed by atoms with Gasteiger partial charge in [-0.05, 0) is 29.8 Å². The van der Waals surface area contributed by atoms with Crippen LogP contribution in [0.3, 0.4) is 0 Å². The van der Waals surface area contributed by atoms with Crippen LogP contribution >= 0.6 is 23.4 Å². The standard InChI is InChI=1S/C17H15ClN4OS/c18-12-7-5-11(6-8-12)16-22(15(23)9-10-24-16)21-17-19-13-3-1-2-4-14(13)20-17/h1-8,16H,9-10H2,(H2,19,20,21). The van der Waals surface area contributed by atoms with Crippen LogP contribution in [0.1, 0.15) is 17.4 Å². The van der Waals surface area contributed by atoms with E-state index in [9.17, 15) is 4.79 Å². The summed E-state index contributed by atoms with van der Waals surface area (Å²) in [6.45, 7) is 0. The first-order valence-electron chi connectivity index (χ1n) is 7.61. The largest absolute Gasteiger partial charge is 0.323 e. The van der Waals surface area contributed by atoms with Crippen LogP contribution in [0.2, 0.25) is 5.02 Å². The topological polar surface area (TPSA) is 61.0 Å². The molecule has 3 aromatic rings. The van der Waals surface area contributed by atoms with E-state index in [2.05, 4.69) is 15.4 Å². The Kier molecular flexibility index (Phi) is 4.08. The van der Waals surface area contributed by atoms with Gasteiger partial charge in [0.15, 0.2) is 0 Å². The number of amides is 1. The monoisotopic (exact) mass is 358 g/mol. The highest BCUT2D eigenvalue weighted by Gasteiger charge is 2.30. The van der Waals surface area contributed by atoms with Crippen molar-refractivity contribution in [2.45, 2.75) is 11.8 Å². The van der Waals surface area contributed by atoms with E-state index in [1.54, 1.807) is 16.8 Å². The van der Waals surface area contributed by atoms with Crippen molar-refractivity contribution in [2.75, 3.05) is 11.2 Å². The summed E-state index contributed by atoms with van der Waals surface area (Å²) in [5.41, 5.74) is 5.97. The summed E-state index contributed by atoms with van der Waals surface area (Å²) in [7, 11) is 0. The van der Waals surface area contributed by atoms with E-state index in [1.807, 2.05) is 48.5 Å². The van der Waals surface area contributed by atoms with Gasteiger partial charge in [0.25, 0.3) is 0 Å². The molecule has 0 bridgehead atoms. The molecule has 2 heterocycles. The second-order valence-electron chi connectivity index (χ2n) is 5.50. The van der Waals surface area contributed by atoms with Crippen molar-refractivity contribution >= 4 is 46.3 Å². The Hall–Kier alpha value is -2.18. The molecule has 1 amide bonds. The first kappa shape index (κ1) is 15.4. The number of hydrazine groups is 1. The summed E-state index contributed by atoms with van der Waals surface area (Å²) in [6, 6.07) is 15.4. The van der Waals surface area contributed by atoms with Gasteiger partial charge in [0.1, 0.15) is 5.37 Å². The van der Waals surface area contributed by atoms with Crippen LogP contribution in [-0.4, -0.2) is 26.6 Å². The van der Waals surface area contributed by atoms with E-state index in [0.29, 0.717) is 17.4 Å². The van der Waals surface area contributed by atoms with Crippen molar-refractivity contribution < 1.29 is 4.79 Å². The summed E-state index contributed by atoms with van der Waals surface area (Å²) in [6.07, 6.45) is 0.502. The third-order valence-corrected chi connectivity index (χ3v) is 5.36. The van der Waals surface area contributed by atoms with Crippen LogP contribution < -0.4 is 5.43 Å². The van der Waals surface area contributed by atoms with E-state index in [0.717, 1.165) is 22.3 Å². The predicted octanol–water partition coefficient (Wildman–Crippen LogP) is 4.21. The maximum Gasteiger partial charge on any atom is 0.243 e. The number of fused-ring (bicyclic) bond motifs is 1. The molecule has 1 atom stereocenters. The van der Waals surface area contributed by atoms with Crippen LogP contribution in [0.15, 0.2) is 48.5 Å². The Morgan fingerprint density at radius 2 is 2.00 bits per heavy atom. The first-order chi connectivity index (χ1) is 11.7. The van der Waals surface area contributed by atoms with Gasteiger partial charge in [0, 0.05) is 17.2 Å². The number of nitrogens with zero attached hydrogens (tertiary/aromatic N) is 2. The number of aromatic nitrogens is 2. The summed E-state index contributed by atoms with van der Waals surface area (Å²) in [4.78, 5) is 20.1. The molecule has 1 unspecified atom stereocenters. The Balaban J connectivity index is 1.64. The highest BCUT2D eigenvalue weighted by molar-refractivity contribution is 7.99. The Bertz CT molecular complexity index is 847. The van der Waals surface area contributed by atoms with Gasteiger partial charge < -0.3 is 4.98 Å². The van der Waals surface area contributed by atoms with E-state index < -0.39 is 0 Å². The number of aromatic amines is 1. The molecule has 122 valence electrons. The van der Waals surface area contributed by atoms with Crippen LogP contribution in [0.4, 0.5) is 5.95 Å². The van der Waals surface area contributed by atoms with Gasteiger partial charge in [0.2, 0.25) is 11.9 Å². The number of benzene rings is 2. The third kappa shape index (κ3) is 2.95. The zero-order valence-electron chi connectivity index (χ0n) is 12.7. The molecule has 1 aromatic heterocycles. The molecule has 2 aromatic carbocycles. The molecule has 1 fully saturated rings. The molecule has 5 nitrogen and oxygen atoms in total. The Morgan fingerprint density at radius 3 is 2.79 bits per heavy atom. The van der Waals surface area contributed by atoms with Crippen molar-refractivity contribution in [2.24, 2.45) is 0 Å². The van der Waals surface area contributed by atoms with Crippen LogP contribution in [0.25, 0.3) is 11.0 Å². The number of carbonyl (C=O) groups is 1. The lowest BCUT2D eigenvalue weighted by atomic mass is 10.2. The molecule has 0 aliphatic carbocycles. The molecule has 0 saturated carbocycles. The molecule has 4 rings (SSSR count). The molecule has 1 saturated heterocycles. The first-order valence-corrected chi connectivity index (χ1v) is 9.04. The number of H-pyrrole nitrogens is 1. The maximum atomic E-state index is 12.4. The van der Waals surface area contributed by atoms with Gasteiger partial charge >= 0.3 is 0 Å². The van der Waals surface area contributed by atoms with Gasteiger partial charge in [-0.1, -0.05) is 35.9 Å². The zero-order chi connectivity index (χ0) is 16.5. The normalized spacial score (nSPS) is 18.1. The van der Waals surface area contributed by atoms with Gasteiger partial charge in [-0.2, -0.15) is 0 Å². The molecular formula is C17H15ClN4OS. The number of para-hydroxylation sites is 2. The van der Waals surface area contributed by atoms with E-state index >= 15 is 0 Å². The quantitative estimate of drug-likeness (QED) is 0.736. The lowest BCUT2D eigenvalue weighted by molar-refractivity contribution is -0.130. The van der Waals surface area contributed by atoms with Crippen LogP contribution in [-0.2, 0) is 4.79 Å². The van der Waals surface area contributed by atoms with Crippen molar-refractivity contribution in [1.82, 2.24) is 15.0 Å². The predicted molar refractivity (Wildman–Crippen MR) is 97.8 cm³/mol. The Labute approximate surface area is 148 Å². The number of carbonyl (C=O) groups excluding carboxylic acids is 1. The molecule has 0 spiro atoms. The molecule has 2 N–H and O–H groups in total. The highest BCUT2D eigenvalue weighted by Crippen LogP contribution is 2.37. The fraction of sp³-hybridized carbons (Fsp3) is 0.176. The number of imidazole rings is 1. The molecule has 1 aliphatic rings. The highest BCUT2D eigenvalue weighted by atomic mass is 35.5. The molecular weight excluding hydrogens is 344 g/mol. The van der Waals surface area contributed by atoms with Gasteiger partial charge in [-0.3, -0.25) is 10.2 Å². The smallest absolute Gasteiger partial charge is 0.243 e. The number of halogens is 1. The second kappa shape index (κ2) is 6.37. The van der Waals surface area contributed by atoms with Crippen molar-refractivity contribution in [1.29, 1.82) is 0 Å². The summed E-state index contributed by atoms with van der Waals surface area (Å²) >= 11 is 7.69. The molecule has 7 heteroatoms. The lowest BCUT2D eigenvalue weighted by Crippen LogP contribution is -2.41. The number of rotatable bonds is 3. The van der Waals surface area contributed by atoms with Gasteiger partial charge in [-0.25, -0.2) is 9.99 Å². The second-order valence-corrected chi connectivity index (χ2v) is 7.13. The van der Waals surface area contributed by atoms with Crippen LogP contribution in [0.5, 0.6) is 0 Å². The molecule has 0 radical (unpaired) electrons. The summed E-state index contributed by atoms with van der Waals surface area (Å²) in [5, 5.41) is 2.22. The minimum Gasteiger partial charge on any atom is -0.323 e.